The van der Waals surface area contributed by atoms with E-state index >= 15 is 0 Å². The summed E-state index contributed by atoms with van der Waals surface area (Å²) < 4.78 is 23.5. The molecule has 0 saturated carbocycles. The molecular formula is C12H18N4O2S. The number of nitrogens with two attached hydrogens (primary N) is 1. The molecule has 1 saturated heterocycles. The van der Waals surface area contributed by atoms with Crippen molar-refractivity contribution in [3.05, 3.63) is 18.3 Å². The first-order valence-electron chi connectivity index (χ1n) is 6.13. The summed E-state index contributed by atoms with van der Waals surface area (Å²) in [5.41, 5.74) is 5.50. The van der Waals surface area contributed by atoms with Crippen molar-refractivity contribution in [3.63, 3.8) is 0 Å². The van der Waals surface area contributed by atoms with Gasteiger partial charge in [0.05, 0.1) is 5.84 Å². The molecule has 0 spiro atoms. The van der Waals surface area contributed by atoms with Crippen molar-refractivity contribution in [3.8, 4) is 0 Å². The molecule has 1 aromatic rings. The zero-order valence-electron chi connectivity index (χ0n) is 10.8. The van der Waals surface area contributed by atoms with Crippen molar-refractivity contribution < 1.29 is 8.42 Å². The van der Waals surface area contributed by atoms with E-state index in [9.17, 15) is 8.42 Å². The fourth-order valence-electron chi connectivity index (χ4n) is 2.31. The molecule has 1 aliphatic heterocycles. The van der Waals surface area contributed by atoms with Gasteiger partial charge in [0.2, 0.25) is 0 Å². The molecule has 0 aromatic carbocycles. The molecule has 1 aromatic heterocycles. The molecule has 2 heterocycles. The second-order valence-electron chi connectivity index (χ2n) is 4.81. The Morgan fingerprint density at radius 3 is 2.63 bits per heavy atom. The Morgan fingerprint density at radius 1 is 1.47 bits per heavy atom. The van der Waals surface area contributed by atoms with E-state index in [4.69, 9.17) is 11.1 Å². The average molecular weight is 282 g/mol. The minimum atomic E-state index is -3.28. The quantitative estimate of drug-likeness (QED) is 0.626. The van der Waals surface area contributed by atoms with E-state index in [-0.39, 0.29) is 16.6 Å². The van der Waals surface area contributed by atoms with Crippen LogP contribution in [0.5, 0.6) is 0 Å². The molecule has 1 aliphatic rings. The lowest BCUT2D eigenvalue weighted by Crippen LogP contribution is -2.39. The van der Waals surface area contributed by atoms with Crippen LogP contribution >= 0.6 is 0 Å². The molecular weight excluding hydrogens is 264 g/mol. The van der Waals surface area contributed by atoms with Gasteiger partial charge in [-0.2, -0.15) is 0 Å². The zero-order valence-corrected chi connectivity index (χ0v) is 11.7. The van der Waals surface area contributed by atoms with Gasteiger partial charge in [-0.15, -0.1) is 0 Å². The SMILES string of the molecule is CS(=O)(=O)c1cccnc1N1CCC(C(=N)N)CC1. The second-order valence-corrected chi connectivity index (χ2v) is 6.80. The Hall–Kier alpha value is -1.63. The highest BCUT2D eigenvalue weighted by Crippen LogP contribution is 2.26. The van der Waals surface area contributed by atoms with Gasteiger partial charge in [0.1, 0.15) is 10.7 Å². The van der Waals surface area contributed by atoms with Gasteiger partial charge >= 0.3 is 0 Å². The maximum atomic E-state index is 11.7. The minimum Gasteiger partial charge on any atom is -0.387 e. The zero-order chi connectivity index (χ0) is 14.0. The van der Waals surface area contributed by atoms with Crippen molar-refractivity contribution in [2.45, 2.75) is 17.7 Å². The monoisotopic (exact) mass is 282 g/mol. The third-order valence-corrected chi connectivity index (χ3v) is 4.50. The van der Waals surface area contributed by atoms with Gasteiger partial charge in [0.25, 0.3) is 0 Å². The normalized spacial score (nSPS) is 17.4. The van der Waals surface area contributed by atoms with Crippen molar-refractivity contribution in [2.75, 3.05) is 24.2 Å². The van der Waals surface area contributed by atoms with Gasteiger partial charge in [0.15, 0.2) is 9.84 Å². The lowest BCUT2D eigenvalue weighted by atomic mass is 9.96. The molecule has 1 fully saturated rings. The summed E-state index contributed by atoms with van der Waals surface area (Å²) in [7, 11) is -3.28. The maximum absolute atomic E-state index is 11.7. The molecule has 3 N–H and O–H groups in total. The van der Waals surface area contributed by atoms with Crippen LogP contribution < -0.4 is 10.6 Å². The van der Waals surface area contributed by atoms with Gasteiger partial charge in [-0.3, -0.25) is 5.41 Å². The van der Waals surface area contributed by atoms with Crippen molar-refractivity contribution >= 4 is 21.5 Å². The van der Waals surface area contributed by atoms with Crippen LogP contribution in [0.4, 0.5) is 5.82 Å². The molecule has 0 unspecified atom stereocenters. The molecule has 0 amide bonds. The summed E-state index contributed by atoms with van der Waals surface area (Å²) >= 11 is 0. The Labute approximate surface area is 113 Å². The van der Waals surface area contributed by atoms with E-state index < -0.39 is 9.84 Å². The molecule has 0 radical (unpaired) electrons. The standard InChI is InChI=1S/C12H18N4O2S/c1-19(17,18)10-3-2-6-15-12(10)16-7-4-9(5-8-16)11(13)14/h2-3,6,9H,4-5,7-8H2,1H3,(H3,13,14). The summed E-state index contributed by atoms with van der Waals surface area (Å²) in [6, 6.07) is 3.21. The topological polar surface area (TPSA) is 100 Å². The lowest BCUT2D eigenvalue weighted by molar-refractivity contribution is 0.492. The molecule has 19 heavy (non-hydrogen) atoms. The Bertz CT molecular complexity index is 577. The number of pyridine rings is 1. The number of hydrogen-bond acceptors (Lipinski definition) is 5. The predicted octanol–water partition coefficient (Wildman–Crippen LogP) is 0.637. The van der Waals surface area contributed by atoms with Crippen molar-refractivity contribution in [1.29, 1.82) is 5.41 Å². The Morgan fingerprint density at radius 2 is 2.11 bits per heavy atom. The fourth-order valence-corrected chi connectivity index (χ4v) is 3.15. The third kappa shape index (κ3) is 3.04. The summed E-state index contributed by atoms with van der Waals surface area (Å²) in [5.74, 6) is 0.817. The van der Waals surface area contributed by atoms with E-state index in [0.29, 0.717) is 18.9 Å². The first-order valence-corrected chi connectivity index (χ1v) is 8.02. The van der Waals surface area contributed by atoms with Crippen LogP contribution in [-0.4, -0.2) is 38.6 Å². The number of anilines is 1. The van der Waals surface area contributed by atoms with Gasteiger partial charge in [-0.1, -0.05) is 0 Å². The smallest absolute Gasteiger partial charge is 0.179 e. The molecule has 104 valence electrons. The maximum Gasteiger partial charge on any atom is 0.179 e. The molecule has 7 heteroatoms. The van der Waals surface area contributed by atoms with E-state index in [1.54, 1.807) is 18.3 Å². The number of hydrogen-bond donors (Lipinski definition) is 2. The molecule has 6 nitrogen and oxygen atoms in total. The fraction of sp³-hybridized carbons (Fsp3) is 0.500. The van der Waals surface area contributed by atoms with E-state index in [1.165, 1.54) is 6.26 Å². The van der Waals surface area contributed by atoms with Gasteiger partial charge in [-0.05, 0) is 25.0 Å². The van der Waals surface area contributed by atoms with Crippen LogP contribution in [0.3, 0.4) is 0 Å². The molecule has 0 atom stereocenters. The van der Waals surface area contributed by atoms with Gasteiger partial charge in [0, 0.05) is 31.5 Å². The Balaban J connectivity index is 2.23. The third-order valence-electron chi connectivity index (χ3n) is 3.38. The predicted molar refractivity (Wildman–Crippen MR) is 74.2 cm³/mol. The van der Waals surface area contributed by atoms with Crippen LogP contribution in [0.1, 0.15) is 12.8 Å². The van der Waals surface area contributed by atoms with Crippen LogP contribution in [-0.2, 0) is 9.84 Å². The van der Waals surface area contributed by atoms with E-state index in [0.717, 1.165) is 12.8 Å². The highest BCUT2D eigenvalue weighted by molar-refractivity contribution is 7.90. The number of aromatic nitrogens is 1. The summed E-state index contributed by atoms with van der Waals surface area (Å²) in [4.78, 5) is 6.42. The highest BCUT2D eigenvalue weighted by Gasteiger charge is 2.25. The number of amidine groups is 1. The van der Waals surface area contributed by atoms with Crippen LogP contribution in [0, 0.1) is 11.3 Å². The number of piperidine rings is 1. The number of nitrogens with one attached hydrogen (secondary N) is 1. The van der Waals surface area contributed by atoms with Crippen LogP contribution in [0.15, 0.2) is 23.2 Å². The van der Waals surface area contributed by atoms with Crippen LogP contribution in [0.2, 0.25) is 0 Å². The largest absolute Gasteiger partial charge is 0.387 e. The first-order chi connectivity index (χ1) is 8.89. The lowest BCUT2D eigenvalue weighted by Gasteiger charge is -2.33. The first kappa shape index (κ1) is 13.8. The average Bonchev–Trinajstić information content (AvgIpc) is 2.38. The van der Waals surface area contributed by atoms with E-state index in [2.05, 4.69) is 4.98 Å². The minimum absolute atomic E-state index is 0.0987. The van der Waals surface area contributed by atoms with Gasteiger partial charge < -0.3 is 10.6 Å². The number of sulfone groups is 1. The summed E-state index contributed by atoms with van der Waals surface area (Å²) in [6.07, 6.45) is 4.31. The Kier molecular flexibility index (Phi) is 3.75. The number of rotatable bonds is 3. The summed E-state index contributed by atoms with van der Waals surface area (Å²) in [5, 5.41) is 7.45. The van der Waals surface area contributed by atoms with Crippen LogP contribution in [0.25, 0.3) is 0 Å². The van der Waals surface area contributed by atoms with Crippen molar-refractivity contribution in [1.82, 2.24) is 4.98 Å². The molecule has 0 bridgehead atoms. The van der Waals surface area contributed by atoms with Crippen molar-refractivity contribution in [2.24, 2.45) is 11.7 Å². The molecule has 0 aliphatic carbocycles. The molecule has 2 rings (SSSR count). The van der Waals surface area contributed by atoms with Gasteiger partial charge in [-0.25, -0.2) is 13.4 Å². The van der Waals surface area contributed by atoms with E-state index in [1.807, 2.05) is 4.90 Å². The summed E-state index contributed by atoms with van der Waals surface area (Å²) in [6.45, 7) is 1.34. The second kappa shape index (κ2) is 5.16. The highest BCUT2D eigenvalue weighted by atomic mass is 32.2. The number of nitrogens with zero attached hydrogens (tertiary/aromatic N) is 2.